The van der Waals surface area contributed by atoms with E-state index >= 15 is 0 Å². The number of rotatable bonds is 9. The fourth-order valence-corrected chi connectivity index (χ4v) is 4.12. The zero-order valence-electron chi connectivity index (χ0n) is 18.3. The van der Waals surface area contributed by atoms with E-state index in [-0.39, 0.29) is 36.2 Å². The summed E-state index contributed by atoms with van der Waals surface area (Å²) >= 11 is 0. The van der Waals surface area contributed by atoms with Gasteiger partial charge in [-0.05, 0) is 32.8 Å². The van der Waals surface area contributed by atoms with Crippen LogP contribution in [0.4, 0.5) is 5.82 Å². The summed E-state index contributed by atoms with van der Waals surface area (Å²) in [6.07, 6.45) is 3.69. The highest BCUT2D eigenvalue weighted by molar-refractivity contribution is 5.74. The lowest BCUT2D eigenvalue weighted by Gasteiger charge is -2.38. The molecule has 4 atom stereocenters. The molecule has 1 saturated carbocycles. The van der Waals surface area contributed by atoms with Crippen LogP contribution in [0.25, 0.3) is 0 Å². The average Bonchev–Trinajstić information content (AvgIpc) is 3.69. The number of nitrogens with zero attached hydrogens (tertiary/aromatic N) is 2. The molecule has 0 aromatic carbocycles. The van der Waals surface area contributed by atoms with Crippen LogP contribution in [-0.4, -0.2) is 61.3 Å². The maximum Gasteiger partial charge on any atom is 0.325 e. The number of epoxide rings is 1. The summed E-state index contributed by atoms with van der Waals surface area (Å²) in [7, 11) is 3.16. The smallest absolute Gasteiger partial charge is 0.325 e. The lowest BCUT2D eigenvalue weighted by Crippen LogP contribution is -2.50. The van der Waals surface area contributed by atoms with Gasteiger partial charge in [0.05, 0.1) is 19.6 Å². The van der Waals surface area contributed by atoms with Crippen LogP contribution in [0.3, 0.4) is 0 Å². The number of nitrogens with one attached hydrogen (secondary N) is 1. The molecule has 168 valence electrons. The monoisotopic (exact) mass is 431 g/mol. The van der Waals surface area contributed by atoms with Crippen LogP contribution in [0.1, 0.15) is 33.1 Å². The molecule has 1 aromatic heterocycles. The van der Waals surface area contributed by atoms with Gasteiger partial charge in [0.15, 0.2) is 5.76 Å². The fourth-order valence-electron chi connectivity index (χ4n) is 4.12. The standard InChI is InChI=1S/C22H29N3O6/c1-13(2)5-6-14-21(31-14)19-20(28-4)15(9-10-22(19)12-29-22)30-18(26)11-23-16-7-8-17(27-3)25-24-16/h5,7-8,15,19-20H,6,9-12H2,1-4H3,(H,23,24)/t15-,19-,20-,22+/m1/s1. The van der Waals surface area contributed by atoms with E-state index in [1.165, 1.54) is 12.7 Å². The van der Waals surface area contributed by atoms with Crippen molar-refractivity contribution < 1.29 is 28.5 Å². The molecule has 1 aromatic rings. The van der Waals surface area contributed by atoms with Crippen LogP contribution in [-0.2, 0) is 23.7 Å². The van der Waals surface area contributed by atoms with E-state index in [2.05, 4.69) is 35.4 Å². The molecule has 1 aliphatic carbocycles. The predicted octanol–water partition coefficient (Wildman–Crippen LogP) is 2.60. The topological polar surface area (TPSA) is 108 Å². The van der Waals surface area contributed by atoms with Crippen LogP contribution < -0.4 is 10.1 Å². The number of hydrogen-bond acceptors (Lipinski definition) is 9. The Labute approximate surface area is 181 Å². The molecule has 1 saturated heterocycles. The third-order valence-electron chi connectivity index (χ3n) is 5.89. The number of ether oxygens (including phenoxy) is 5. The summed E-state index contributed by atoms with van der Waals surface area (Å²) in [4.78, 5) is 12.5. The number of anilines is 1. The molecule has 4 rings (SSSR count). The summed E-state index contributed by atoms with van der Waals surface area (Å²) < 4.78 is 28.3. The van der Waals surface area contributed by atoms with E-state index in [1.807, 2.05) is 0 Å². The van der Waals surface area contributed by atoms with Gasteiger partial charge >= 0.3 is 5.97 Å². The molecular weight excluding hydrogens is 402 g/mol. The van der Waals surface area contributed by atoms with Crippen LogP contribution in [0.5, 0.6) is 5.88 Å². The van der Waals surface area contributed by atoms with Crippen molar-refractivity contribution in [1.82, 2.24) is 10.2 Å². The largest absolute Gasteiger partial charge is 0.480 e. The summed E-state index contributed by atoms with van der Waals surface area (Å²) in [6, 6.07) is 3.35. The van der Waals surface area contributed by atoms with Crippen LogP contribution >= 0.6 is 0 Å². The SMILES string of the molecule is COc1ccc(NCC(=O)O[C@@H]2CC[C@]3(CO3)[C@@H](C3=C(CC=C(C)C)O3)[C@@H]2OC)nn1. The highest BCUT2D eigenvalue weighted by Crippen LogP contribution is 2.55. The first-order valence-corrected chi connectivity index (χ1v) is 10.5. The van der Waals surface area contributed by atoms with Gasteiger partial charge in [-0.1, -0.05) is 11.6 Å². The number of methoxy groups -OCH3 is 2. The second kappa shape index (κ2) is 8.84. The molecule has 1 N–H and O–H groups in total. The molecule has 3 aliphatic rings. The van der Waals surface area contributed by atoms with E-state index in [4.69, 9.17) is 23.7 Å². The van der Waals surface area contributed by atoms with Gasteiger partial charge in [-0.15, -0.1) is 10.2 Å². The Kier molecular flexibility index (Phi) is 6.15. The number of aromatic nitrogens is 2. The molecule has 9 nitrogen and oxygen atoms in total. The lowest BCUT2D eigenvalue weighted by atomic mass is 9.75. The molecular formula is C22H29N3O6. The second-order valence-corrected chi connectivity index (χ2v) is 8.29. The maximum absolute atomic E-state index is 12.5. The predicted molar refractivity (Wildman–Crippen MR) is 111 cm³/mol. The quantitative estimate of drug-likeness (QED) is 0.358. The van der Waals surface area contributed by atoms with Gasteiger partial charge in [-0.3, -0.25) is 4.79 Å². The average molecular weight is 431 g/mol. The Morgan fingerprint density at radius 3 is 2.74 bits per heavy atom. The van der Waals surface area contributed by atoms with Crippen LogP contribution in [0, 0.1) is 5.92 Å². The Bertz CT molecular complexity index is 874. The molecule has 2 aliphatic heterocycles. The molecule has 9 heteroatoms. The Morgan fingerprint density at radius 1 is 1.32 bits per heavy atom. The maximum atomic E-state index is 12.5. The van der Waals surface area contributed by atoms with Gasteiger partial charge in [-0.25, -0.2) is 0 Å². The summed E-state index contributed by atoms with van der Waals surface area (Å²) in [5.74, 6) is 2.31. The van der Waals surface area contributed by atoms with Gasteiger partial charge in [0.2, 0.25) is 5.88 Å². The fraction of sp³-hybridized carbons (Fsp3) is 0.591. The Hall–Kier alpha value is -2.65. The Balaban J connectivity index is 1.38. The molecule has 1 spiro atoms. The van der Waals surface area contributed by atoms with E-state index < -0.39 is 0 Å². The lowest BCUT2D eigenvalue weighted by molar-refractivity contribution is -0.164. The van der Waals surface area contributed by atoms with Crippen LogP contribution in [0.2, 0.25) is 0 Å². The minimum absolute atomic E-state index is 0.0225. The molecule has 0 radical (unpaired) electrons. The highest BCUT2D eigenvalue weighted by Gasteiger charge is 2.64. The summed E-state index contributed by atoms with van der Waals surface area (Å²) in [5, 5.41) is 10.7. The number of hydrogen-bond donors (Lipinski definition) is 1. The highest BCUT2D eigenvalue weighted by atomic mass is 16.6. The molecule has 31 heavy (non-hydrogen) atoms. The molecule has 0 amide bonds. The first-order chi connectivity index (χ1) is 15.0. The van der Waals surface area contributed by atoms with E-state index in [0.717, 1.165) is 24.4 Å². The zero-order valence-corrected chi connectivity index (χ0v) is 18.3. The van der Waals surface area contributed by atoms with Gasteiger partial charge < -0.3 is 29.0 Å². The first-order valence-electron chi connectivity index (χ1n) is 10.5. The van der Waals surface area contributed by atoms with E-state index in [1.54, 1.807) is 19.2 Å². The van der Waals surface area contributed by atoms with Gasteiger partial charge in [-0.2, -0.15) is 0 Å². The minimum Gasteiger partial charge on any atom is -0.480 e. The summed E-state index contributed by atoms with van der Waals surface area (Å²) in [5.41, 5.74) is 0.982. The van der Waals surface area contributed by atoms with Crippen molar-refractivity contribution in [2.45, 2.75) is 50.9 Å². The molecule has 3 heterocycles. The normalized spacial score (nSPS) is 28.6. The second-order valence-electron chi connectivity index (χ2n) is 8.29. The summed E-state index contributed by atoms with van der Waals surface area (Å²) in [6.45, 7) is 4.78. The third kappa shape index (κ3) is 4.83. The van der Waals surface area contributed by atoms with E-state index in [0.29, 0.717) is 24.7 Å². The van der Waals surface area contributed by atoms with Crippen molar-refractivity contribution in [3.63, 3.8) is 0 Å². The zero-order chi connectivity index (χ0) is 22.0. The number of carbonyl (C=O) groups is 1. The van der Waals surface area contributed by atoms with Gasteiger partial charge in [0.1, 0.15) is 35.9 Å². The van der Waals surface area contributed by atoms with E-state index in [9.17, 15) is 4.79 Å². The van der Waals surface area contributed by atoms with Crippen LogP contribution in [0.15, 0.2) is 35.3 Å². The number of carbonyl (C=O) groups excluding carboxylic acids is 1. The number of esters is 1. The van der Waals surface area contributed by atoms with Crippen molar-refractivity contribution in [2.75, 3.05) is 32.7 Å². The van der Waals surface area contributed by atoms with Crippen molar-refractivity contribution in [2.24, 2.45) is 5.92 Å². The number of allylic oxidation sites excluding steroid dienone is 2. The van der Waals surface area contributed by atoms with Crippen molar-refractivity contribution in [1.29, 1.82) is 0 Å². The minimum atomic E-state index is -0.383. The first kappa shape index (κ1) is 21.6. The molecule has 0 unspecified atom stereocenters. The molecule has 0 bridgehead atoms. The van der Waals surface area contributed by atoms with Crippen molar-refractivity contribution in [3.8, 4) is 5.88 Å². The van der Waals surface area contributed by atoms with Gasteiger partial charge in [0.25, 0.3) is 0 Å². The van der Waals surface area contributed by atoms with Crippen molar-refractivity contribution in [3.05, 3.63) is 35.3 Å². The van der Waals surface area contributed by atoms with Crippen molar-refractivity contribution >= 4 is 11.8 Å². The Morgan fingerprint density at radius 2 is 2.13 bits per heavy atom. The molecule has 2 fully saturated rings. The third-order valence-corrected chi connectivity index (χ3v) is 5.89. The van der Waals surface area contributed by atoms with Gasteiger partial charge in [0, 0.05) is 19.6 Å².